The van der Waals surface area contributed by atoms with Gasteiger partial charge in [-0.3, -0.25) is 9.36 Å². The van der Waals surface area contributed by atoms with Crippen molar-refractivity contribution in [2.45, 2.75) is 40.7 Å². The van der Waals surface area contributed by atoms with Crippen molar-refractivity contribution in [2.75, 3.05) is 27.9 Å². The fraction of sp³-hybridized carbons (Fsp3) is 0.294. The number of carbonyl (C=O) groups excluding carboxylic acids is 2. The van der Waals surface area contributed by atoms with E-state index in [1.165, 1.54) is 30.1 Å². The molecule has 4 aromatic rings. The van der Waals surface area contributed by atoms with Crippen LogP contribution < -0.4 is 24.4 Å². The van der Waals surface area contributed by atoms with Crippen molar-refractivity contribution in [3.05, 3.63) is 107 Å². The average molecular weight is 630 g/mol. The van der Waals surface area contributed by atoms with E-state index < -0.39 is 18.0 Å². The molecule has 0 unspecified atom stereocenters. The lowest BCUT2D eigenvalue weighted by Gasteiger charge is -2.26. The molecule has 0 amide bonds. The predicted molar refractivity (Wildman–Crippen MR) is 171 cm³/mol. The molecule has 2 aromatic heterocycles. The Morgan fingerprint density at radius 2 is 1.76 bits per heavy atom. The number of aromatic nitrogens is 2. The summed E-state index contributed by atoms with van der Waals surface area (Å²) in [6.07, 6.45) is 1.84. The molecule has 1 atom stereocenters. The molecule has 0 bridgehead atoms. The Hall–Kier alpha value is -4.90. The minimum absolute atomic E-state index is 0.171. The molecule has 2 aromatic carbocycles. The van der Waals surface area contributed by atoms with Crippen molar-refractivity contribution >= 4 is 29.4 Å². The average Bonchev–Trinajstić information content (AvgIpc) is 3.48. The summed E-state index contributed by atoms with van der Waals surface area (Å²) in [6, 6.07) is 11.9. The Kier molecular flexibility index (Phi) is 8.83. The number of benzene rings is 2. The standard InChI is InChI=1S/C34H35N3O7S/c1-9-44-33(40)29-20(4)35-34-37(30(29)25-14-13-23(41-6)17-27(25)42-7)31(38)28(45-34)16-22-15-18(2)36(21(22)5)26-12-10-11-24(19(26)3)32(39)43-8/h10-17,30H,9H2,1-8H3/b28-16+/t30-/m1/s1. The van der Waals surface area contributed by atoms with E-state index in [1.54, 1.807) is 45.2 Å². The van der Waals surface area contributed by atoms with Crippen LogP contribution in [-0.2, 0) is 14.3 Å². The SMILES string of the molecule is CCOC(=O)C1=C(C)N=c2s/c(=C/c3cc(C)n(-c4cccc(C(=O)OC)c4C)c3C)c(=O)n2[C@@H]1c1ccc(OC)cc1OC. The fourth-order valence-corrected chi connectivity index (χ4v) is 6.81. The smallest absolute Gasteiger partial charge is 0.338 e. The minimum Gasteiger partial charge on any atom is -0.497 e. The third-order valence-electron chi connectivity index (χ3n) is 7.96. The number of hydrogen-bond donors (Lipinski definition) is 0. The highest BCUT2D eigenvalue weighted by Gasteiger charge is 2.35. The van der Waals surface area contributed by atoms with Crippen LogP contribution in [0.5, 0.6) is 11.5 Å². The van der Waals surface area contributed by atoms with Gasteiger partial charge in [0.2, 0.25) is 0 Å². The van der Waals surface area contributed by atoms with Gasteiger partial charge in [0.05, 0.1) is 49.3 Å². The van der Waals surface area contributed by atoms with E-state index in [1.807, 2.05) is 45.0 Å². The van der Waals surface area contributed by atoms with Crippen molar-refractivity contribution in [3.8, 4) is 17.2 Å². The first kappa shape index (κ1) is 31.5. The van der Waals surface area contributed by atoms with Gasteiger partial charge in [-0.25, -0.2) is 14.6 Å². The van der Waals surface area contributed by atoms with Crippen LogP contribution in [0.25, 0.3) is 11.8 Å². The van der Waals surface area contributed by atoms with Gasteiger partial charge < -0.3 is 23.5 Å². The number of ether oxygens (including phenoxy) is 4. The summed E-state index contributed by atoms with van der Waals surface area (Å²) < 4.78 is 25.5. The lowest BCUT2D eigenvalue weighted by atomic mass is 9.95. The number of allylic oxidation sites excluding steroid dienone is 1. The highest BCUT2D eigenvalue weighted by atomic mass is 32.1. The Balaban J connectivity index is 1.71. The molecule has 0 radical (unpaired) electrons. The molecule has 11 heteroatoms. The molecule has 0 saturated carbocycles. The van der Waals surface area contributed by atoms with Gasteiger partial charge in [0.25, 0.3) is 5.56 Å². The van der Waals surface area contributed by atoms with Crippen molar-refractivity contribution in [2.24, 2.45) is 4.99 Å². The molecule has 45 heavy (non-hydrogen) atoms. The molecule has 0 spiro atoms. The van der Waals surface area contributed by atoms with Gasteiger partial charge in [0.15, 0.2) is 4.80 Å². The van der Waals surface area contributed by atoms with Gasteiger partial charge in [-0.1, -0.05) is 17.4 Å². The normalized spacial score (nSPS) is 14.6. The molecular formula is C34H35N3O7S. The number of aryl methyl sites for hydroxylation is 1. The third-order valence-corrected chi connectivity index (χ3v) is 8.94. The molecule has 1 aliphatic heterocycles. The first-order chi connectivity index (χ1) is 21.6. The van der Waals surface area contributed by atoms with Crippen LogP contribution in [0.15, 0.2) is 63.5 Å². The zero-order chi connectivity index (χ0) is 32.6. The van der Waals surface area contributed by atoms with Crippen LogP contribution in [0.3, 0.4) is 0 Å². The highest BCUT2D eigenvalue weighted by Crippen LogP contribution is 2.37. The number of methoxy groups -OCH3 is 3. The second kappa shape index (κ2) is 12.6. The van der Waals surface area contributed by atoms with Crippen molar-refractivity contribution in [1.29, 1.82) is 0 Å². The predicted octanol–water partition coefficient (Wildman–Crippen LogP) is 4.32. The molecular weight excluding hydrogens is 594 g/mol. The topological polar surface area (TPSA) is 110 Å². The number of rotatable bonds is 8. The summed E-state index contributed by atoms with van der Waals surface area (Å²) in [5, 5.41) is 0. The fourth-order valence-electron chi connectivity index (χ4n) is 5.77. The zero-order valence-corrected chi connectivity index (χ0v) is 27.3. The number of esters is 2. The summed E-state index contributed by atoms with van der Waals surface area (Å²) in [5.74, 6) is 0.0744. The Morgan fingerprint density at radius 3 is 2.42 bits per heavy atom. The van der Waals surface area contributed by atoms with Crippen LogP contribution in [0.2, 0.25) is 0 Å². The van der Waals surface area contributed by atoms with Gasteiger partial charge in [-0.05, 0) is 82.2 Å². The molecule has 3 heterocycles. The summed E-state index contributed by atoms with van der Waals surface area (Å²) in [7, 11) is 4.45. The monoisotopic (exact) mass is 629 g/mol. The Morgan fingerprint density at radius 1 is 1.00 bits per heavy atom. The Bertz CT molecular complexity index is 2050. The van der Waals surface area contributed by atoms with E-state index in [0.29, 0.717) is 37.7 Å². The summed E-state index contributed by atoms with van der Waals surface area (Å²) in [4.78, 5) is 45.0. The summed E-state index contributed by atoms with van der Waals surface area (Å²) in [5.41, 5.74) is 5.79. The van der Waals surface area contributed by atoms with Gasteiger partial charge in [-0.15, -0.1) is 0 Å². The molecule has 0 N–H and O–H groups in total. The Labute approximate surface area is 264 Å². The number of nitrogens with zero attached hydrogens (tertiary/aromatic N) is 3. The van der Waals surface area contributed by atoms with Crippen LogP contribution >= 0.6 is 11.3 Å². The maximum atomic E-state index is 14.2. The lowest BCUT2D eigenvalue weighted by Crippen LogP contribution is -2.40. The zero-order valence-electron chi connectivity index (χ0n) is 26.5. The van der Waals surface area contributed by atoms with E-state index in [0.717, 1.165) is 28.2 Å². The van der Waals surface area contributed by atoms with Crippen molar-refractivity contribution in [1.82, 2.24) is 9.13 Å². The van der Waals surface area contributed by atoms with E-state index in [9.17, 15) is 14.4 Å². The van der Waals surface area contributed by atoms with E-state index in [-0.39, 0.29) is 17.7 Å². The van der Waals surface area contributed by atoms with Crippen LogP contribution in [0, 0.1) is 20.8 Å². The van der Waals surface area contributed by atoms with Gasteiger partial charge >= 0.3 is 11.9 Å². The van der Waals surface area contributed by atoms with E-state index in [2.05, 4.69) is 9.56 Å². The summed E-state index contributed by atoms with van der Waals surface area (Å²) >= 11 is 1.25. The minimum atomic E-state index is -0.834. The third kappa shape index (κ3) is 5.48. The first-order valence-corrected chi connectivity index (χ1v) is 15.2. The lowest BCUT2D eigenvalue weighted by molar-refractivity contribution is -0.139. The van der Waals surface area contributed by atoms with Gasteiger partial charge in [0.1, 0.15) is 17.5 Å². The number of hydrogen-bond acceptors (Lipinski definition) is 9. The second-order valence-corrected chi connectivity index (χ2v) is 11.5. The molecule has 10 nitrogen and oxygen atoms in total. The molecule has 0 saturated heterocycles. The largest absolute Gasteiger partial charge is 0.497 e. The number of carbonyl (C=O) groups is 2. The van der Waals surface area contributed by atoms with Gasteiger partial charge in [-0.2, -0.15) is 0 Å². The van der Waals surface area contributed by atoms with E-state index in [4.69, 9.17) is 18.9 Å². The van der Waals surface area contributed by atoms with E-state index >= 15 is 0 Å². The molecule has 0 fully saturated rings. The highest BCUT2D eigenvalue weighted by molar-refractivity contribution is 7.07. The molecule has 234 valence electrons. The number of thiazole rings is 1. The van der Waals surface area contributed by atoms with Crippen LogP contribution in [0.1, 0.15) is 58.3 Å². The quantitative estimate of drug-likeness (QED) is 0.267. The molecule has 5 rings (SSSR count). The summed E-state index contributed by atoms with van der Waals surface area (Å²) in [6.45, 7) is 9.47. The van der Waals surface area contributed by atoms with Crippen LogP contribution in [0.4, 0.5) is 0 Å². The maximum absolute atomic E-state index is 14.2. The maximum Gasteiger partial charge on any atom is 0.338 e. The number of fused-ring (bicyclic) bond motifs is 1. The van der Waals surface area contributed by atoms with Crippen molar-refractivity contribution < 1.29 is 28.5 Å². The van der Waals surface area contributed by atoms with Gasteiger partial charge in [0, 0.05) is 28.7 Å². The molecule has 1 aliphatic rings. The molecule has 0 aliphatic carbocycles. The second-order valence-electron chi connectivity index (χ2n) is 10.5. The van der Waals surface area contributed by atoms with Crippen LogP contribution in [-0.4, -0.2) is 49.0 Å². The first-order valence-electron chi connectivity index (χ1n) is 14.3. The van der Waals surface area contributed by atoms with Crippen molar-refractivity contribution in [3.63, 3.8) is 0 Å².